The van der Waals surface area contributed by atoms with Crippen molar-refractivity contribution >= 4 is 24.2 Å². The molecule has 1 aliphatic heterocycles. The van der Waals surface area contributed by atoms with E-state index < -0.39 is 11.6 Å². The van der Waals surface area contributed by atoms with Gasteiger partial charge in [-0.15, -0.1) is 12.4 Å². The highest BCUT2D eigenvalue weighted by atomic mass is 35.5. The van der Waals surface area contributed by atoms with E-state index >= 15 is 0 Å². The number of nitrogens with one attached hydrogen (secondary N) is 3. The number of halogens is 3. The Morgan fingerprint density at radius 1 is 1.22 bits per heavy atom. The van der Waals surface area contributed by atoms with Gasteiger partial charge in [-0.2, -0.15) is 0 Å². The highest BCUT2D eigenvalue weighted by molar-refractivity contribution is 5.85. The second-order valence-corrected chi connectivity index (χ2v) is 7.14. The van der Waals surface area contributed by atoms with Gasteiger partial charge < -0.3 is 16.0 Å². The van der Waals surface area contributed by atoms with E-state index in [1.807, 2.05) is 13.8 Å². The van der Waals surface area contributed by atoms with Crippen molar-refractivity contribution in [2.75, 3.05) is 19.6 Å². The highest BCUT2D eigenvalue weighted by Gasteiger charge is 2.28. The molecule has 1 saturated heterocycles. The van der Waals surface area contributed by atoms with Crippen LogP contribution in [0.3, 0.4) is 0 Å². The molecule has 0 bridgehead atoms. The van der Waals surface area contributed by atoms with Crippen LogP contribution in [0, 0.1) is 17.6 Å². The summed E-state index contributed by atoms with van der Waals surface area (Å²) in [5.41, 5.74) is 0.681. The summed E-state index contributed by atoms with van der Waals surface area (Å²) in [6, 6.07) is 3.69. The van der Waals surface area contributed by atoms with Gasteiger partial charge in [0.25, 0.3) is 0 Å². The molecule has 0 aromatic heterocycles. The van der Waals surface area contributed by atoms with E-state index in [1.54, 1.807) is 6.07 Å². The topological polar surface area (TPSA) is 70.2 Å². The number of hydrogen-bond acceptors (Lipinski definition) is 3. The van der Waals surface area contributed by atoms with E-state index in [9.17, 15) is 18.4 Å². The lowest BCUT2D eigenvalue weighted by Crippen LogP contribution is -2.50. The molecule has 0 aliphatic carbocycles. The maximum Gasteiger partial charge on any atom is 0.222 e. The van der Waals surface area contributed by atoms with E-state index in [0.29, 0.717) is 18.5 Å². The lowest BCUT2D eigenvalue weighted by molar-refractivity contribution is -0.123. The van der Waals surface area contributed by atoms with E-state index in [-0.39, 0.29) is 55.1 Å². The molecule has 0 saturated carbocycles. The Morgan fingerprint density at radius 2 is 1.96 bits per heavy atom. The van der Waals surface area contributed by atoms with Crippen LogP contribution in [-0.2, 0) is 9.59 Å². The molecular formula is C19H28ClF2N3O2. The fourth-order valence-corrected chi connectivity index (χ4v) is 3.19. The van der Waals surface area contributed by atoms with Crippen LogP contribution in [0.5, 0.6) is 0 Å². The van der Waals surface area contributed by atoms with Crippen molar-refractivity contribution in [1.82, 2.24) is 16.0 Å². The third-order valence-electron chi connectivity index (χ3n) is 4.47. The van der Waals surface area contributed by atoms with Gasteiger partial charge in [-0.1, -0.05) is 19.9 Å². The summed E-state index contributed by atoms with van der Waals surface area (Å²) in [6.45, 7) is 5.52. The zero-order valence-corrected chi connectivity index (χ0v) is 16.5. The molecule has 1 aromatic rings. The molecule has 2 amide bonds. The predicted octanol–water partition coefficient (Wildman–Crippen LogP) is 2.50. The average molecular weight is 404 g/mol. The van der Waals surface area contributed by atoms with Gasteiger partial charge in [-0.3, -0.25) is 9.59 Å². The molecule has 0 radical (unpaired) electrons. The molecule has 2 atom stereocenters. The summed E-state index contributed by atoms with van der Waals surface area (Å²) < 4.78 is 26.7. The molecule has 1 aliphatic rings. The Labute approximate surface area is 165 Å². The van der Waals surface area contributed by atoms with Gasteiger partial charge >= 0.3 is 0 Å². The normalized spacial score (nSPS) is 19.3. The van der Waals surface area contributed by atoms with Gasteiger partial charge in [0.05, 0.1) is 0 Å². The maximum absolute atomic E-state index is 13.5. The number of carbonyl (C=O) groups is 2. The monoisotopic (exact) mass is 403 g/mol. The summed E-state index contributed by atoms with van der Waals surface area (Å²) in [5.74, 6) is -1.79. The molecule has 0 spiro atoms. The molecule has 27 heavy (non-hydrogen) atoms. The zero-order valence-electron chi connectivity index (χ0n) is 15.7. The first kappa shape index (κ1) is 23.3. The number of carbonyl (C=O) groups excluding carboxylic acids is 2. The first-order chi connectivity index (χ1) is 12.4. The highest BCUT2D eigenvalue weighted by Crippen LogP contribution is 2.27. The molecule has 3 N–H and O–H groups in total. The van der Waals surface area contributed by atoms with Crippen molar-refractivity contribution in [2.24, 2.45) is 5.92 Å². The van der Waals surface area contributed by atoms with Crippen LogP contribution in [-0.4, -0.2) is 37.5 Å². The summed E-state index contributed by atoms with van der Waals surface area (Å²) in [4.78, 5) is 23.8. The number of hydrogen-bond donors (Lipinski definition) is 3. The van der Waals surface area contributed by atoms with Gasteiger partial charge in [-0.05, 0) is 36.6 Å². The SMILES string of the molecule is CC(C)CC(=O)NCCC(=O)NC1CNCCC1c1ccc(F)c(F)c1.Cl. The van der Waals surface area contributed by atoms with E-state index in [0.717, 1.165) is 19.0 Å². The van der Waals surface area contributed by atoms with Crippen molar-refractivity contribution in [2.45, 2.75) is 45.1 Å². The fraction of sp³-hybridized carbons (Fsp3) is 0.579. The van der Waals surface area contributed by atoms with E-state index in [4.69, 9.17) is 0 Å². The maximum atomic E-state index is 13.5. The summed E-state index contributed by atoms with van der Waals surface area (Å²) in [6.07, 6.45) is 1.35. The number of piperidine rings is 1. The summed E-state index contributed by atoms with van der Waals surface area (Å²) in [5, 5.41) is 8.89. The van der Waals surface area contributed by atoms with Gasteiger partial charge in [-0.25, -0.2) is 8.78 Å². The van der Waals surface area contributed by atoms with Gasteiger partial charge in [0, 0.05) is 37.9 Å². The molecule has 152 valence electrons. The Balaban J connectivity index is 0.00000364. The van der Waals surface area contributed by atoms with Crippen molar-refractivity contribution in [3.63, 3.8) is 0 Å². The van der Waals surface area contributed by atoms with Crippen molar-refractivity contribution < 1.29 is 18.4 Å². The molecule has 1 heterocycles. The van der Waals surface area contributed by atoms with Crippen LogP contribution in [0.2, 0.25) is 0 Å². The van der Waals surface area contributed by atoms with E-state index in [2.05, 4.69) is 16.0 Å². The molecular weight excluding hydrogens is 376 g/mol. The Hall–Kier alpha value is -1.73. The van der Waals surface area contributed by atoms with Crippen LogP contribution in [0.15, 0.2) is 18.2 Å². The smallest absolute Gasteiger partial charge is 0.222 e. The average Bonchev–Trinajstić information content (AvgIpc) is 2.57. The Kier molecular flexibility index (Phi) is 9.66. The molecule has 1 fully saturated rings. The number of rotatable bonds is 7. The second kappa shape index (κ2) is 11.2. The van der Waals surface area contributed by atoms with Gasteiger partial charge in [0.2, 0.25) is 11.8 Å². The minimum absolute atomic E-state index is 0. The summed E-state index contributed by atoms with van der Waals surface area (Å²) in [7, 11) is 0. The third kappa shape index (κ3) is 7.42. The fourth-order valence-electron chi connectivity index (χ4n) is 3.19. The third-order valence-corrected chi connectivity index (χ3v) is 4.47. The molecule has 8 heteroatoms. The first-order valence-electron chi connectivity index (χ1n) is 9.08. The van der Waals surface area contributed by atoms with Crippen LogP contribution >= 0.6 is 12.4 Å². The lowest BCUT2D eigenvalue weighted by Gasteiger charge is -2.33. The first-order valence-corrected chi connectivity index (χ1v) is 9.08. The van der Waals surface area contributed by atoms with Crippen molar-refractivity contribution in [3.8, 4) is 0 Å². The largest absolute Gasteiger partial charge is 0.356 e. The van der Waals surface area contributed by atoms with Crippen molar-refractivity contribution in [3.05, 3.63) is 35.4 Å². The predicted molar refractivity (Wildman–Crippen MR) is 103 cm³/mol. The van der Waals surface area contributed by atoms with Crippen molar-refractivity contribution in [1.29, 1.82) is 0 Å². The van der Waals surface area contributed by atoms with Gasteiger partial charge in [0.1, 0.15) is 0 Å². The lowest BCUT2D eigenvalue weighted by atomic mass is 9.86. The van der Waals surface area contributed by atoms with Crippen LogP contribution in [0.1, 0.15) is 44.6 Å². The molecule has 2 unspecified atom stereocenters. The summed E-state index contributed by atoms with van der Waals surface area (Å²) >= 11 is 0. The quantitative estimate of drug-likeness (QED) is 0.655. The zero-order chi connectivity index (χ0) is 19.1. The number of amides is 2. The standard InChI is InChI=1S/C19H27F2N3O2.ClH/c1-12(2)9-19(26)23-8-6-18(25)24-17-11-22-7-5-14(17)13-3-4-15(20)16(21)10-13;/h3-4,10,12,14,17,22H,5-9,11H2,1-2H3,(H,23,26)(H,24,25);1H. The van der Waals surface area contributed by atoms with E-state index in [1.165, 1.54) is 6.07 Å². The Morgan fingerprint density at radius 3 is 2.63 bits per heavy atom. The van der Waals surface area contributed by atoms with Crippen LogP contribution < -0.4 is 16.0 Å². The minimum atomic E-state index is -0.876. The van der Waals surface area contributed by atoms with Crippen LogP contribution in [0.25, 0.3) is 0 Å². The van der Waals surface area contributed by atoms with Crippen LogP contribution in [0.4, 0.5) is 8.78 Å². The molecule has 1 aromatic carbocycles. The number of benzene rings is 1. The van der Waals surface area contributed by atoms with Gasteiger partial charge in [0.15, 0.2) is 11.6 Å². The molecule has 2 rings (SSSR count). The molecule has 5 nitrogen and oxygen atoms in total. The minimum Gasteiger partial charge on any atom is -0.356 e. The Bertz CT molecular complexity index is 643. The second-order valence-electron chi connectivity index (χ2n) is 7.14.